The van der Waals surface area contributed by atoms with Crippen LogP contribution < -0.4 is 0 Å². The number of hydrogen-bond donors (Lipinski definition) is 3. The Bertz CT molecular complexity index is 517. The normalized spacial score (nSPS) is 58.3. The third-order valence-corrected chi connectivity index (χ3v) is 9.99. The smallest absolute Gasteiger partial charge is 0.0704 e. The lowest BCUT2D eigenvalue weighted by Crippen LogP contribution is -2.56. The first-order valence-electron chi connectivity index (χ1n) is 10.8. The van der Waals surface area contributed by atoms with Gasteiger partial charge in [-0.3, -0.25) is 0 Å². The molecule has 144 valence electrons. The zero-order valence-corrected chi connectivity index (χ0v) is 16.4. The van der Waals surface area contributed by atoms with Crippen molar-refractivity contribution in [2.75, 3.05) is 6.61 Å². The van der Waals surface area contributed by atoms with E-state index in [1.54, 1.807) is 0 Å². The van der Waals surface area contributed by atoms with Crippen LogP contribution in [0.5, 0.6) is 0 Å². The molecule has 9 atom stereocenters. The summed E-state index contributed by atoms with van der Waals surface area (Å²) >= 11 is 0. The maximum atomic E-state index is 11.4. The molecule has 3 heteroatoms. The highest BCUT2D eigenvalue weighted by Crippen LogP contribution is 2.69. The standard InChI is InChI=1S/C22H38O3/c1-20-9-6-16(24)12-14(20)4-5-17-18(20)7-10-21(2)19(17)13-15(8-11-23)22(21,3)25/h14-19,23-25H,4-13H2,1-3H3/t14?,15?,16?,17-,18-,19+,20+,21+,22?/m1/s1. The lowest BCUT2D eigenvalue weighted by molar-refractivity contribution is -0.159. The molecule has 0 amide bonds. The van der Waals surface area contributed by atoms with Gasteiger partial charge in [0.1, 0.15) is 0 Å². The van der Waals surface area contributed by atoms with Crippen molar-refractivity contribution >= 4 is 0 Å². The summed E-state index contributed by atoms with van der Waals surface area (Å²) in [5, 5.41) is 31.1. The van der Waals surface area contributed by atoms with E-state index in [9.17, 15) is 15.3 Å². The van der Waals surface area contributed by atoms with Crippen LogP contribution in [0.1, 0.15) is 78.6 Å². The van der Waals surface area contributed by atoms with Gasteiger partial charge in [0.15, 0.2) is 0 Å². The minimum atomic E-state index is -0.647. The highest BCUT2D eigenvalue weighted by molar-refractivity contribution is 5.15. The molecular formula is C22H38O3. The van der Waals surface area contributed by atoms with E-state index in [-0.39, 0.29) is 24.0 Å². The quantitative estimate of drug-likeness (QED) is 0.711. The van der Waals surface area contributed by atoms with E-state index in [1.165, 1.54) is 25.7 Å². The fourth-order valence-electron chi connectivity index (χ4n) is 8.18. The van der Waals surface area contributed by atoms with E-state index in [0.717, 1.165) is 43.9 Å². The Morgan fingerprint density at radius 3 is 2.40 bits per heavy atom. The molecule has 4 aliphatic carbocycles. The van der Waals surface area contributed by atoms with Crippen LogP contribution in [0.4, 0.5) is 0 Å². The van der Waals surface area contributed by atoms with Gasteiger partial charge in [0.2, 0.25) is 0 Å². The maximum absolute atomic E-state index is 11.4. The fraction of sp³-hybridized carbons (Fsp3) is 1.00. The first kappa shape index (κ1) is 18.3. The first-order valence-corrected chi connectivity index (χ1v) is 10.8. The molecule has 4 fully saturated rings. The molecule has 0 aromatic carbocycles. The van der Waals surface area contributed by atoms with Gasteiger partial charge in [-0.05, 0) is 105 Å². The van der Waals surface area contributed by atoms with Gasteiger partial charge in [0.05, 0.1) is 11.7 Å². The average Bonchev–Trinajstić information content (AvgIpc) is 2.76. The van der Waals surface area contributed by atoms with Gasteiger partial charge in [0.25, 0.3) is 0 Å². The molecule has 0 heterocycles. The summed E-state index contributed by atoms with van der Waals surface area (Å²) in [5.74, 6) is 3.02. The van der Waals surface area contributed by atoms with Crippen molar-refractivity contribution in [3.63, 3.8) is 0 Å². The molecular weight excluding hydrogens is 312 g/mol. The van der Waals surface area contributed by atoms with Crippen molar-refractivity contribution in [2.45, 2.75) is 90.3 Å². The van der Waals surface area contributed by atoms with Crippen molar-refractivity contribution in [3.8, 4) is 0 Å². The van der Waals surface area contributed by atoms with Crippen LogP contribution >= 0.6 is 0 Å². The van der Waals surface area contributed by atoms with E-state index in [1.807, 2.05) is 0 Å². The molecule has 4 rings (SSSR count). The monoisotopic (exact) mass is 350 g/mol. The Morgan fingerprint density at radius 2 is 1.68 bits per heavy atom. The fourth-order valence-corrected chi connectivity index (χ4v) is 8.18. The molecule has 4 saturated carbocycles. The highest BCUT2D eigenvalue weighted by atomic mass is 16.3. The third kappa shape index (κ3) is 2.41. The summed E-state index contributed by atoms with van der Waals surface area (Å²) in [4.78, 5) is 0. The van der Waals surface area contributed by atoms with Gasteiger partial charge in [-0.25, -0.2) is 0 Å². The predicted octanol–water partition coefficient (Wildman–Crippen LogP) is 3.75. The van der Waals surface area contributed by atoms with Gasteiger partial charge >= 0.3 is 0 Å². The second-order valence-electron chi connectivity index (χ2n) is 10.6. The minimum absolute atomic E-state index is 0.00534. The van der Waals surface area contributed by atoms with Crippen molar-refractivity contribution in [3.05, 3.63) is 0 Å². The van der Waals surface area contributed by atoms with Crippen LogP contribution in [0.3, 0.4) is 0 Å². The molecule has 25 heavy (non-hydrogen) atoms. The van der Waals surface area contributed by atoms with Crippen molar-refractivity contribution in [1.82, 2.24) is 0 Å². The molecule has 0 spiro atoms. The summed E-state index contributed by atoms with van der Waals surface area (Å²) < 4.78 is 0. The van der Waals surface area contributed by atoms with Crippen molar-refractivity contribution in [2.24, 2.45) is 40.4 Å². The minimum Gasteiger partial charge on any atom is -0.396 e. The zero-order chi connectivity index (χ0) is 18.0. The SMILES string of the molecule is CC1(O)C(CCO)C[C@H]2[C@@H]3CCC4CC(O)CC[C@]4(C)[C@@H]3CC[C@@]21C. The molecule has 0 aliphatic heterocycles. The van der Waals surface area contributed by atoms with Crippen LogP contribution in [-0.2, 0) is 0 Å². The third-order valence-electron chi connectivity index (χ3n) is 9.99. The lowest BCUT2D eigenvalue weighted by atomic mass is 9.44. The van der Waals surface area contributed by atoms with Crippen LogP contribution in [0.2, 0.25) is 0 Å². The van der Waals surface area contributed by atoms with E-state index in [4.69, 9.17) is 0 Å². The number of aliphatic hydroxyl groups excluding tert-OH is 2. The predicted molar refractivity (Wildman–Crippen MR) is 98.9 cm³/mol. The first-order chi connectivity index (χ1) is 11.7. The van der Waals surface area contributed by atoms with Crippen LogP contribution in [0, 0.1) is 40.4 Å². The second-order valence-corrected chi connectivity index (χ2v) is 10.6. The molecule has 3 N–H and O–H groups in total. The molecule has 3 nitrogen and oxygen atoms in total. The summed E-state index contributed by atoms with van der Waals surface area (Å²) in [6.07, 6.45) is 9.81. The van der Waals surface area contributed by atoms with Crippen LogP contribution in [-0.4, -0.2) is 33.6 Å². The number of aliphatic hydroxyl groups is 3. The Morgan fingerprint density at radius 1 is 0.920 bits per heavy atom. The number of hydrogen-bond acceptors (Lipinski definition) is 3. The summed E-state index contributed by atoms with van der Waals surface area (Å²) in [5.41, 5.74) is -0.248. The molecule has 4 unspecified atom stereocenters. The molecule has 0 aromatic rings. The maximum Gasteiger partial charge on any atom is 0.0704 e. The molecule has 4 aliphatic rings. The summed E-state index contributed by atoms with van der Waals surface area (Å²) in [7, 11) is 0. The van der Waals surface area contributed by atoms with Crippen molar-refractivity contribution in [1.29, 1.82) is 0 Å². The topological polar surface area (TPSA) is 60.7 Å². The average molecular weight is 351 g/mol. The molecule has 0 radical (unpaired) electrons. The van der Waals surface area contributed by atoms with Gasteiger partial charge < -0.3 is 15.3 Å². The van der Waals surface area contributed by atoms with Gasteiger partial charge in [-0.1, -0.05) is 13.8 Å². The molecule has 0 saturated heterocycles. The summed E-state index contributed by atoms with van der Waals surface area (Å²) in [6, 6.07) is 0. The van der Waals surface area contributed by atoms with E-state index < -0.39 is 5.60 Å². The van der Waals surface area contributed by atoms with E-state index in [0.29, 0.717) is 17.3 Å². The van der Waals surface area contributed by atoms with Crippen molar-refractivity contribution < 1.29 is 15.3 Å². The Balaban J connectivity index is 1.63. The highest BCUT2D eigenvalue weighted by Gasteiger charge is 2.65. The second kappa shape index (κ2) is 5.94. The largest absolute Gasteiger partial charge is 0.396 e. The zero-order valence-electron chi connectivity index (χ0n) is 16.4. The van der Waals surface area contributed by atoms with Crippen LogP contribution in [0.15, 0.2) is 0 Å². The van der Waals surface area contributed by atoms with E-state index >= 15 is 0 Å². The van der Waals surface area contributed by atoms with Gasteiger partial charge in [0, 0.05) is 6.61 Å². The Kier molecular flexibility index (Phi) is 4.34. The Hall–Kier alpha value is -0.120. The van der Waals surface area contributed by atoms with Crippen LogP contribution in [0.25, 0.3) is 0 Å². The lowest BCUT2D eigenvalue weighted by Gasteiger charge is -2.61. The summed E-state index contributed by atoms with van der Waals surface area (Å²) in [6.45, 7) is 7.10. The van der Waals surface area contributed by atoms with Gasteiger partial charge in [-0.2, -0.15) is 0 Å². The number of fused-ring (bicyclic) bond motifs is 5. The van der Waals surface area contributed by atoms with Gasteiger partial charge in [-0.15, -0.1) is 0 Å². The number of rotatable bonds is 2. The Labute approximate surface area is 153 Å². The molecule has 0 aromatic heterocycles. The molecule has 0 bridgehead atoms. The van der Waals surface area contributed by atoms with E-state index in [2.05, 4.69) is 20.8 Å².